The van der Waals surface area contributed by atoms with E-state index in [9.17, 15) is 0 Å². The normalized spacial score (nSPS) is 19.9. The molecule has 9 heavy (non-hydrogen) atoms. The second kappa shape index (κ2) is 5.58. The van der Waals surface area contributed by atoms with Gasteiger partial charge in [0.15, 0.2) is 0 Å². The first-order chi connectivity index (χ1) is 4.39. The van der Waals surface area contributed by atoms with Crippen molar-refractivity contribution < 1.29 is 0 Å². The maximum atomic E-state index is 6.50. The van der Waals surface area contributed by atoms with Crippen molar-refractivity contribution in [1.29, 1.82) is 5.26 Å². The smallest absolute Gasteiger partial charge is 0.0462 e. The maximum Gasteiger partial charge on any atom is 0.0462 e. The number of nitriles is 1. The van der Waals surface area contributed by atoms with Crippen LogP contribution >= 0.6 is 0 Å². The number of hydrogen-bond donors (Lipinski definition) is 1. The minimum atomic E-state index is 0.536. The molecule has 0 unspecified atom stereocenters. The van der Waals surface area contributed by atoms with Crippen LogP contribution in [0, 0.1) is 11.8 Å². The molecule has 2 N–H and O–H groups in total. The molecular weight excluding hydrogens is 112 g/mol. The van der Waals surface area contributed by atoms with Crippen molar-refractivity contribution in [2.24, 2.45) is 5.73 Å². The van der Waals surface area contributed by atoms with Gasteiger partial charge in [0.1, 0.15) is 0 Å². The Morgan fingerprint density at radius 2 is 1.56 bits per heavy atom. The first-order valence-electron chi connectivity index (χ1n) is 3.41. The summed E-state index contributed by atoms with van der Waals surface area (Å²) in [5, 5.41) is 6.50. The summed E-state index contributed by atoms with van der Waals surface area (Å²) in [6, 6.07) is 0.536. The molecule has 0 aliphatic heterocycles. The zero-order valence-electron chi connectivity index (χ0n) is 5.71. The summed E-state index contributed by atoms with van der Waals surface area (Å²) in [5.41, 5.74) is 5.63. The van der Waals surface area contributed by atoms with Crippen LogP contribution in [-0.2, 0) is 0 Å². The third-order valence-electron chi connectivity index (χ3n) is 1.65. The van der Waals surface area contributed by atoms with Crippen LogP contribution in [0.4, 0.5) is 0 Å². The molecule has 1 aliphatic rings. The first-order valence-corrected chi connectivity index (χ1v) is 3.41. The zero-order chi connectivity index (χ0) is 7.11. The van der Waals surface area contributed by atoms with E-state index in [-0.39, 0.29) is 0 Å². The molecule has 0 aromatic carbocycles. The van der Waals surface area contributed by atoms with Crippen LogP contribution in [-0.4, -0.2) is 6.04 Å². The standard InChI is InChI=1S/C6H13N.CHN/c7-6-4-2-1-3-5-6;1-2/h6H,1-5,7H2;1H. The Morgan fingerprint density at radius 1 is 1.11 bits per heavy atom. The average molecular weight is 126 g/mol. The lowest BCUT2D eigenvalue weighted by Crippen LogP contribution is -2.22. The van der Waals surface area contributed by atoms with Gasteiger partial charge in [0.25, 0.3) is 0 Å². The van der Waals surface area contributed by atoms with Gasteiger partial charge in [-0.1, -0.05) is 19.3 Å². The van der Waals surface area contributed by atoms with Crippen molar-refractivity contribution in [3.63, 3.8) is 0 Å². The number of nitrogens with two attached hydrogens (primary N) is 1. The fourth-order valence-electron chi connectivity index (χ4n) is 1.13. The number of hydrogen-bond acceptors (Lipinski definition) is 2. The Morgan fingerprint density at radius 3 is 1.78 bits per heavy atom. The van der Waals surface area contributed by atoms with Gasteiger partial charge >= 0.3 is 0 Å². The molecule has 1 rings (SSSR count). The molecule has 0 aromatic rings. The van der Waals surface area contributed by atoms with Crippen LogP contribution in [0.3, 0.4) is 0 Å². The van der Waals surface area contributed by atoms with Gasteiger partial charge in [0.2, 0.25) is 0 Å². The maximum absolute atomic E-state index is 6.50. The summed E-state index contributed by atoms with van der Waals surface area (Å²) in [7, 11) is 0. The molecule has 0 radical (unpaired) electrons. The molecule has 0 aromatic heterocycles. The van der Waals surface area contributed by atoms with Crippen molar-refractivity contribution in [2.75, 3.05) is 0 Å². The quantitative estimate of drug-likeness (QED) is 0.533. The summed E-state index contributed by atoms with van der Waals surface area (Å²) in [5.74, 6) is 0. The lowest BCUT2D eigenvalue weighted by molar-refractivity contribution is 0.441. The van der Waals surface area contributed by atoms with Crippen molar-refractivity contribution in [3.05, 3.63) is 0 Å². The summed E-state index contributed by atoms with van der Waals surface area (Å²) < 4.78 is 0. The topological polar surface area (TPSA) is 49.8 Å². The molecular formula is C7H14N2. The monoisotopic (exact) mass is 126 g/mol. The van der Waals surface area contributed by atoms with Crippen molar-refractivity contribution in [2.45, 2.75) is 38.1 Å². The van der Waals surface area contributed by atoms with Crippen molar-refractivity contribution >= 4 is 0 Å². The predicted molar refractivity (Wildman–Crippen MR) is 37.7 cm³/mol. The molecule has 2 heteroatoms. The third-order valence-corrected chi connectivity index (χ3v) is 1.65. The van der Waals surface area contributed by atoms with E-state index >= 15 is 0 Å². The molecule has 0 amide bonds. The third kappa shape index (κ3) is 3.99. The second-order valence-electron chi connectivity index (χ2n) is 2.40. The van der Waals surface area contributed by atoms with Gasteiger partial charge in [0, 0.05) is 12.6 Å². The highest BCUT2D eigenvalue weighted by Gasteiger charge is 2.06. The molecule has 0 saturated heterocycles. The highest BCUT2D eigenvalue weighted by Crippen LogP contribution is 2.14. The van der Waals surface area contributed by atoms with Gasteiger partial charge in [-0.15, -0.1) is 0 Å². The van der Waals surface area contributed by atoms with E-state index in [1.807, 2.05) is 0 Å². The van der Waals surface area contributed by atoms with Gasteiger partial charge < -0.3 is 5.73 Å². The van der Waals surface area contributed by atoms with E-state index in [4.69, 9.17) is 11.0 Å². The zero-order valence-corrected chi connectivity index (χ0v) is 5.71. The SMILES string of the molecule is C#N.NC1CCCCC1. The van der Waals surface area contributed by atoms with Crippen molar-refractivity contribution in [1.82, 2.24) is 0 Å². The molecule has 0 spiro atoms. The summed E-state index contributed by atoms with van der Waals surface area (Å²) in [4.78, 5) is 0. The van der Waals surface area contributed by atoms with Gasteiger partial charge in [0.05, 0.1) is 0 Å². The molecule has 0 atom stereocenters. The molecule has 0 bridgehead atoms. The van der Waals surface area contributed by atoms with Gasteiger partial charge in [-0.05, 0) is 12.8 Å². The average Bonchev–Trinajstić information content (AvgIpc) is 1.94. The van der Waals surface area contributed by atoms with Crippen LogP contribution in [0.2, 0.25) is 0 Å². The highest BCUT2D eigenvalue weighted by atomic mass is 14.6. The lowest BCUT2D eigenvalue weighted by Gasteiger charge is -2.15. The fraction of sp³-hybridized carbons (Fsp3) is 0.857. The van der Waals surface area contributed by atoms with E-state index in [2.05, 4.69) is 6.57 Å². The fourth-order valence-corrected chi connectivity index (χ4v) is 1.13. The molecule has 52 valence electrons. The van der Waals surface area contributed by atoms with E-state index in [1.165, 1.54) is 32.1 Å². The van der Waals surface area contributed by atoms with Crippen molar-refractivity contribution in [3.8, 4) is 6.57 Å². The number of nitrogens with zero attached hydrogens (tertiary/aromatic N) is 1. The van der Waals surface area contributed by atoms with Gasteiger partial charge in [-0.25, -0.2) is 5.26 Å². The van der Waals surface area contributed by atoms with E-state index in [0.717, 1.165) is 0 Å². The minimum Gasteiger partial charge on any atom is -0.328 e. The van der Waals surface area contributed by atoms with Crippen LogP contribution in [0.1, 0.15) is 32.1 Å². The Labute approximate surface area is 56.7 Å². The molecule has 0 heterocycles. The highest BCUT2D eigenvalue weighted by molar-refractivity contribution is 4.66. The molecule has 2 nitrogen and oxygen atoms in total. The molecule has 1 saturated carbocycles. The Bertz CT molecular complexity index is 72.2. The van der Waals surface area contributed by atoms with Crippen LogP contribution in [0.5, 0.6) is 0 Å². The predicted octanol–water partition coefficient (Wildman–Crippen LogP) is 1.42. The van der Waals surface area contributed by atoms with Crippen LogP contribution in [0.25, 0.3) is 0 Å². The Kier molecular flexibility index (Phi) is 5.24. The van der Waals surface area contributed by atoms with E-state index in [1.54, 1.807) is 0 Å². The Balaban J connectivity index is 0.000000291. The van der Waals surface area contributed by atoms with Gasteiger partial charge in [-0.2, -0.15) is 0 Å². The van der Waals surface area contributed by atoms with E-state index < -0.39 is 0 Å². The largest absolute Gasteiger partial charge is 0.328 e. The first kappa shape index (κ1) is 8.45. The lowest BCUT2D eigenvalue weighted by atomic mass is 9.97. The van der Waals surface area contributed by atoms with Gasteiger partial charge in [-0.3, -0.25) is 0 Å². The summed E-state index contributed by atoms with van der Waals surface area (Å²) in [6.07, 6.45) is 6.66. The minimum absolute atomic E-state index is 0.536. The summed E-state index contributed by atoms with van der Waals surface area (Å²) >= 11 is 0. The van der Waals surface area contributed by atoms with Crippen LogP contribution in [0.15, 0.2) is 0 Å². The second-order valence-corrected chi connectivity index (χ2v) is 2.40. The Hall–Kier alpha value is -0.550. The molecule has 1 fully saturated rings. The summed E-state index contributed by atoms with van der Waals surface area (Å²) in [6.45, 7) is 3.50. The van der Waals surface area contributed by atoms with Crippen LogP contribution < -0.4 is 5.73 Å². The van der Waals surface area contributed by atoms with E-state index in [0.29, 0.717) is 6.04 Å². The molecule has 1 aliphatic carbocycles. The number of rotatable bonds is 0.